The normalized spacial score (nSPS) is 11.8. The van der Waals surface area contributed by atoms with Crippen molar-refractivity contribution in [3.63, 3.8) is 0 Å². The maximum atomic E-state index is 13.6. The lowest BCUT2D eigenvalue weighted by molar-refractivity contribution is -0.123. The highest BCUT2D eigenvalue weighted by Gasteiger charge is 2.24. The summed E-state index contributed by atoms with van der Waals surface area (Å²) in [6.45, 7) is 2.81. The first-order valence-electron chi connectivity index (χ1n) is 10.7. The Bertz CT molecular complexity index is 1370. The molecule has 3 aromatic carbocycles. The largest absolute Gasteiger partial charge is 0.497 e. The molecule has 0 bridgehead atoms. The van der Waals surface area contributed by atoms with Gasteiger partial charge in [-0.2, -0.15) is 0 Å². The lowest BCUT2D eigenvalue weighted by atomic mass is 10.2. The van der Waals surface area contributed by atoms with Gasteiger partial charge in [-0.1, -0.05) is 12.1 Å². The first kappa shape index (κ1) is 26.5. The van der Waals surface area contributed by atoms with Crippen molar-refractivity contribution in [2.45, 2.75) is 24.8 Å². The van der Waals surface area contributed by atoms with Crippen molar-refractivity contribution >= 4 is 33.3 Å². The van der Waals surface area contributed by atoms with E-state index in [0.717, 1.165) is 12.1 Å². The van der Waals surface area contributed by atoms with E-state index >= 15 is 0 Å². The topological polar surface area (TPSA) is 120 Å². The predicted molar refractivity (Wildman–Crippen MR) is 131 cm³/mol. The summed E-state index contributed by atoms with van der Waals surface area (Å²) in [5, 5.41) is 2.61. The molecule has 3 aromatic rings. The average molecular weight is 517 g/mol. The zero-order chi connectivity index (χ0) is 26.5. The van der Waals surface area contributed by atoms with Gasteiger partial charge in [0, 0.05) is 23.9 Å². The highest BCUT2D eigenvalue weighted by molar-refractivity contribution is 7.92. The molecule has 0 radical (unpaired) electrons. The molecule has 11 heteroatoms. The number of carbonyl (C=O) groups is 2. The molecule has 0 aliphatic heterocycles. The standard InChI is InChI=1S/C25H25FN2O7S/c1-15-11-20(9-10-22(15)26)36(31,32)28-23-8-6-5-7-21(23)25(30)35-16(2)24(29)27-17-12-18(33-3)14-19(13-17)34-4/h5-14,16,28H,1-4H3,(H,27,29)/t16-/m1/s1. The van der Waals surface area contributed by atoms with Gasteiger partial charge in [0.05, 0.1) is 30.4 Å². The van der Waals surface area contributed by atoms with Gasteiger partial charge in [0.2, 0.25) is 0 Å². The van der Waals surface area contributed by atoms with E-state index in [1.807, 2.05) is 0 Å². The minimum Gasteiger partial charge on any atom is -0.497 e. The highest BCUT2D eigenvalue weighted by Crippen LogP contribution is 2.26. The third kappa shape index (κ3) is 6.30. The number of benzene rings is 3. The van der Waals surface area contributed by atoms with Crippen molar-refractivity contribution in [3.8, 4) is 11.5 Å². The maximum Gasteiger partial charge on any atom is 0.341 e. The van der Waals surface area contributed by atoms with Crippen LogP contribution in [0.25, 0.3) is 0 Å². The fraction of sp³-hybridized carbons (Fsp3) is 0.200. The Morgan fingerprint density at radius 3 is 2.19 bits per heavy atom. The van der Waals surface area contributed by atoms with Crippen LogP contribution >= 0.6 is 0 Å². The van der Waals surface area contributed by atoms with Gasteiger partial charge in [0.1, 0.15) is 17.3 Å². The van der Waals surface area contributed by atoms with E-state index in [2.05, 4.69) is 10.0 Å². The van der Waals surface area contributed by atoms with Crippen molar-refractivity contribution < 1.29 is 36.6 Å². The molecular weight excluding hydrogens is 491 g/mol. The van der Waals surface area contributed by atoms with Gasteiger partial charge < -0.3 is 19.5 Å². The average Bonchev–Trinajstić information content (AvgIpc) is 2.85. The Morgan fingerprint density at radius 2 is 1.58 bits per heavy atom. The number of amides is 1. The van der Waals surface area contributed by atoms with Crippen molar-refractivity contribution in [1.82, 2.24) is 0 Å². The second-order valence-electron chi connectivity index (χ2n) is 7.70. The lowest BCUT2D eigenvalue weighted by Gasteiger charge is -2.16. The molecule has 0 saturated heterocycles. The zero-order valence-corrected chi connectivity index (χ0v) is 20.8. The first-order valence-corrected chi connectivity index (χ1v) is 12.2. The number of rotatable bonds is 9. The number of halogens is 1. The van der Waals surface area contributed by atoms with Crippen LogP contribution in [-0.2, 0) is 19.6 Å². The summed E-state index contributed by atoms with van der Waals surface area (Å²) in [6.07, 6.45) is -1.22. The van der Waals surface area contributed by atoms with Crippen molar-refractivity contribution in [3.05, 3.63) is 77.6 Å². The fourth-order valence-corrected chi connectivity index (χ4v) is 4.30. The van der Waals surface area contributed by atoms with Crippen molar-refractivity contribution in [2.75, 3.05) is 24.3 Å². The highest BCUT2D eigenvalue weighted by atomic mass is 32.2. The molecule has 3 rings (SSSR count). The monoisotopic (exact) mass is 516 g/mol. The predicted octanol–water partition coefficient (Wildman–Crippen LogP) is 4.14. The van der Waals surface area contributed by atoms with Crippen LogP contribution in [0.1, 0.15) is 22.8 Å². The number of nitrogens with one attached hydrogen (secondary N) is 2. The first-order chi connectivity index (χ1) is 17.0. The second-order valence-corrected chi connectivity index (χ2v) is 9.38. The lowest BCUT2D eigenvalue weighted by Crippen LogP contribution is -2.30. The van der Waals surface area contributed by atoms with Gasteiger partial charge in [0.25, 0.3) is 15.9 Å². The summed E-state index contributed by atoms with van der Waals surface area (Å²) in [6, 6.07) is 13.9. The molecule has 0 unspecified atom stereocenters. The van der Waals surface area contributed by atoms with E-state index in [-0.39, 0.29) is 21.7 Å². The molecule has 190 valence electrons. The van der Waals surface area contributed by atoms with Crippen molar-refractivity contribution in [2.24, 2.45) is 0 Å². The number of ether oxygens (including phenoxy) is 3. The molecule has 0 aliphatic carbocycles. The summed E-state index contributed by atoms with van der Waals surface area (Å²) >= 11 is 0. The number of para-hydroxylation sites is 1. The van der Waals surface area contributed by atoms with E-state index < -0.39 is 33.8 Å². The SMILES string of the molecule is COc1cc(NC(=O)[C@@H](C)OC(=O)c2ccccc2NS(=O)(=O)c2ccc(F)c(C)c2)cc(OC)c1. The van der Waals surface area contributed by atoms with Gasteiger partial charge in [-0.3, -0.25) is 9.52 Å². The Labute approximate surface area is 208 Å². The third-order valence-electron chi connectivity index (χ3n) is 5.10. The quantitative estimate of drug-likeness (QED) is 0.410. The number of hydrogen-bond acceptors (Lipinski definition) is 7. The van der Waals surface area contributed by atoms with Gasteiger partial charge in [-0.05, 0) is 49.7 Å². The van der Waals surface area contributed by atoms with E-state index in [1.54, 1.807) is 18.2 Å². The number of esters is 1. The molecule has 9 nitrogen and oxygen atoms in total. The Morgan fingerprint density at radius 1 is 0.944 bits per heavy atom. The van der Waals surface area contributed by atoms with Crippen LogP contribution < -0.4 is 19.5 Å². The smallest absolute Gasteiger partial charge is 0.341 e. The summed E-state index contributed by atoms with van der Waals surface area (Å²) in [5.74, 6) is -1.19. The Balaban J connectivity index is 1.75. The van der Waals surface area contributed by atoms with Crippen LogP contribution in [0.4, 0.5) is 15.8 Å². The van der Waals surface area contributed by atoms with Gasteiger partial charge >= 0.3 is 5.97 Å². The second kappa shape index (κ2) is 11.1. The minimum atomic E-state index is -4.13. The summed E-state index contributed by atoms with van der Waals surface area (Å²) in [7, 11) is -1.20. The van der Waals surface area contributed by atoms with Crippen LogP contribution in [0.2, 0.25) is 0 Å². The molecule has 0 saturated carbocycles. The van der Waals surface area contributed by atoms with E-state index in [9.17, 15) is 22.4 Å². The number of sulfonamides is 1. The molecule has 1 amide bonds. The number of anilines is 2. The summed E-state index contributed by atoms with van der Waals surface area (Å²) in [4.78, 5) is 25.3. The summed E-state index contributed by atoms with van der Waals surface area (Å²) < 4.78 is 57.1. The van der Waals surface area contributed by atoms with Gasteiger partial charge in [-0.25, -0.2) is 17.6 Å². The minimum absolute atomic E-state index is 0.0605. The number of methoxy groups -OCH3 is 2. The van der Waals surface area contributed by atoms with Crippen LogP contribution in [-0.4, -0.2) is 40.6 Å². The van der Waals surface area contributed by atoms with Crippen LogP contribution in [0.15, 0.2) is 65.6 Å². The molecule has 1 atom stereocenters. The molecule has 0 fully saturated rings. The molecule has 0 heterocycles. The van der Waals surface area contributed by atoms with E-state index in [1.165, 1.54) is 58.4 Å². The Hall–Kier alpha value is -4.12. The van der Waals surface area contributed by atoms with E-state index in [0.29, 0.717) is 17.2 Å². The molecule has 36 heavy (non-hydrogen) atoms. The summed E-state index contributed by atoms with van der Waals surface area (Å²) in [5.41, 5.74) is 0.346. The van der Waals surface area contributed by atoms with Gasteiger partial charge in [0.15, 0.2) is 6.10 Å². The number of aryl methyl sites for hydroxylation is 1. The number of hydrogen-bond donors (Lipinski definition) is 2. The van der Waals surface area contributed by atoms with Crippen LogP contribution in [0.5, 0.6) is 11.5 Å². The third-order valence-corrected chi connectivity index (χ3v) is 6.47. The molecule has 0 aliphatic rings. The van der Waals surface area contributed by atoms with E-state index in [4.69, 9.17) is 14.2 Å². The molecule has 0 spiro atoms. The van der Waals surface area contributed by atoms with Gasteiger partial charge in [-0.15, -0.1) is 0 Å². The zero-order valence-electron chi connectivity index (χ0n) is 20.0. The molecule has 2 N–H and O–H groups in total. The van der Waals surface area contributed by atoms with Crippen LogP contribution in [0.3, 0.4) is 0 Å². The van der Waals surface area contributed by atoms with Crippen LogP contribution in [0, 0.1) is 12.7 Å². The molecular formula is C25H25FN2O7S. The number of carbonyl (C=O) groups excluding carboxylic acids is 2. The Kier molecular flexibility index (Phi) is 8.15. The fourth-order valence-electron chi connectivity index (χ4n) is 3.14. The van der Waals surface area contributed by atoms with Crippen molar-refractivity contribution in [1.29, 1.82) is 0 Å². The molecule has 0 aromatic heterocycles. The maximum absolute atomic E-state index is 13.6.